The van der Waals surface area contributed by atoms with E-state index >= 15 is 0 Å². The Balaban J connectivity index is 1.75. The van der Waals surface area contributed by atoms with Crippen molar-refractivity contribution >= 4 is 12.3 Å². The predicted molar refractivity (Wildman–Crippen MR) is 77.8 cm³/mol. The Morgan fingerprint density at radius 1 is 1.19 bits per heavy atom. The molecular weight excluding hydrogens is 272 g/mol. The SMILES string of the molecule is O=CCN1CCN(CCOc2ccccc2C(=O)O)CC1. The highest BCUT2D eigenvalue weighted by Crippen LogP contribution is 2.17. The van der Waals surface area contributed by atoms with Gasteiger partial charge in [0.25, 0.3) is 0 Å². The van der Waals surface area contributed by atoms with Crippen molar-refractivity contribution in [3.05, 3.63) is 29.8 Å². The summed E-state index contributed by atoms with van der Waals surface area (Å²) >= 11 is 0. The number of hydrogen-bond donors (Lipinski definition) is 1. The van der Waals surface area contributed by atoms with Gasteiger partial charge in [-0.1, -0.05) is 12.1 Å². The standard InChI is InChI=1S/C15H20N2O4/c18-11-9-16-5-7-17(8-6-16)10-12-21-14-4-2-1-3-13(14)15(19)20/h1-4,11H,5-10,12H2,(H,19,20). The Morgan fingerprint density at radius 2 is 1.86 bits per heavy atom. The van der Waals surface area contributed by atoms with Crippen molar-refractivity contribution in [3.63, 3.8) is 0 Å². The first-order valence-corrected chi connectivity index (χ1v) is 7.04. The normalized spacial score (nSPS) is 16.6. The van der Waals surface area contributed by atoms with Crippen molar-refractivity contribution in [2.24, 2.45) is 0 Å². The van der Waals surface area contributed by atoms with Crippen molar-refractivity contribution in [1.82, 2.24) is 9.80 Å². The Bertz CT molecular complexity index is 484. The quantitative estimate of drug-likeness (QED) is 0.741. The van der Waals surface area contributed by atoms with Crippen LogP contribution in [0.2, 0.25) is 0 Å². The van der Waals surface area contributed by atoms with Crippen molar-refractivity contribution < 1.29 is 19.4 Å². The molecule has 1 aromatic rings. The summed E-state index contributed by atoms with van der Waals surface area (Å²) in [7, 11) is 0. The molecule has 1 aliphatic rings. The molecule has 0 saturated carbocycles. The summed E-state index contributed by atoms with van der Waals surface area (Å²) < 4.78 is 5.58. The maximum atomic E-state index is 11.1. The fraction of sp³-hybridized carbons (Fsp3) is 0.467. The van der Waals surface area contributed by atoms with Crippen LogP contribution < -0.4 is 4.74 Å². The molecule has 2 rings (SSSR count). The Kier molecular flexibility index (Phi) is 5.71. The zero-order valence-corrected chi connectivity index (χ0v) is 11.9. The molecule has 1 heterocycles. The van der Waals surface area contributed by atoms with Crippen molar-refractivity contribution in [1.29, 1.82) is 0 Å². The van der Waals surface area contributed by atoms with Crippen LogP contribution in [0.25, 0.3) is 0 Å². The van der Waals surface area contributed by atoms with Gasteiger partial charge in [0.2, 0.25) is 0 Å². The number of carbonyl (C=O) groups excluding carboxylic acids is 1. The number of hydrogen-bond acceptors (Lipinski definition) is 5. The molecule has 114 valence electrons. The Labute approximate surface area is 123 Å². The van der Waals surface area contributed by atoms with E-state index in [1.807, 2.05) is 0 Å². The average molecular weight is 292 g/mol. The zero-order chi connectivity index (χ0) is 15.1. The second kappa shape index (κ2) is 7.75. The first-order valence-electron chi connectivity index (χ1n) is 7.04. The van der Waals surface area contributed by atoms with E-state index in [1.165, 1.54) is 6.07 Å². The molecule has 0 unspecified atom stereocenters. The highest BCUT2D eigenvalue weighted by atomic mass is 16.5. The van der Waals surface area contributed by atoms with Gasteiger partial charge in [0.1, 0.15) is 24.2 Å². The lowest BCUT2D eigenvalue weighted by molar-refractivity contribution is -0.109. The first-order chi connectivity index (χ1) is 10.2. The Morgan fingerprint density at radius 3 is 2.52 bits per heavy atom. The van der Waals surface area contributed by atoms with Crippen LogP contribution in [0, 0.1) is 0 Å². The third kappa shape index (κ3) is 4.54. The lowest BCUT2D eigenvalue weighted by Crippen LogP contribution is -2.47. The summed E-state index contributed by atoms with van der Waals surface area (Å²) in [6.45, 7) is 5.27. The average Bonchev–Trinajstić information content (AvgIpc) is 2.50. The number of nitrogens with zero attached hydrogens (tertiary/aromatic N) is 2. The number of rotatable bonds is 7. The topological polar surface area (TPSA) is 70.1 Å². The van der Waals surface area contributed by atoms with E-state index in [1.54, 1.807) is 18.2 Å². The minimum absolute atomic E-state index is 0.188. The summed E-state index contributed by atoms with van der Waals surface area (Å²) in [4.78, 5) is 25.9. The van der Waals surface area contributed by atoms with Gasteiger partial charge < -0.3 is 14.6 Å². The lowest BCUT2D eigenvalue weighted by atomic mass is 10.2. The summed E-state index contributed by atoms with van der Waals surface area (Å²) in [6, 6.07) is 6.66. The largest absolute Gasteiger partial charge is 0.491 e. The van der Waals surface area contributed by atoms with Crippen LogP contribution in [0.15, 0.2) is 24.3 Å². The molecule has 1 saturated heterocycles. The molecule has 0 radical (unpaired) electrons. The van der Waals surface area contributed by atoms with Crippen LogP contribution in [0.3, 0.4) is 0 Å². The molecule has 0 bridgehead atoms. The number of carbonyl (C=O) groups is 2. The van der Waals surface area contributed by atoms with Crippen molar-refractivity contribution in [2.75, 3.05) is 45.9 Å². The first kappa shape index (κ1) is 15.5. The predicted octanol–water partition coefficient (Wildman–Crippen LogP) is 0.580. The molecule has 0 aliphatic carbocycles. The summed E-state index contributed by atoms with van der Waals surface area (Å²) in [5.41, 5.74) is 0.188. The second-order valence-electron chi connectivity index (χ2n) is 4.96. The van der Waals surface area contributed by atoms with E-state index in [0.717, 1.165) is 39.0 Å². The van der Waals surface area contributed by atoms with Gasteiger partial charge in [-0.05, 0) is 12.1 Å². The minimum atomic E-state index is -0.979. The number of aromatic carboxylic acids is 1. The molecule has 0 aromatic heterocycles. The van der Waals surface area contributed by atoms with E-state index in [9.17, 15) is 9.59 Å². The van der Waals surface area contributed by atoms with Gasteiger partial charge >= 0.3 is 5.97 Å². The molecule has 1 aromatic carbocycles. The van der Waals surface area contributed by atoms with Crippen LogP contribution in [-0.4, -0.2) is 73.0 Å². The molecular formula is C15H20N2O4. The second-order valence-corrected chi connectivity index (χ2v) is 4.96. The Hall–Kier alpha value is -1.92. The molecule has 6 heteroatoms. The van der Waals surface area contributed by atoms with Crippen LogP contribution in [0.1, 0.15) is 10.4 Å². The number of piperazine rings is 1. The number of aldehydes is 1. The lowest BCUT2D eigenvalue weighted by Gasteiger charge is -2.33. The summed E-state index contributed by atoms with van der Waals surface area (Å²) in [6.07, 6.45) is 0.932. The number of carboxylic acids is 1. The molecule has 0 amide bonds. The molecule has 1 aliphatic heterocycles. The number of para-hydroxylation sites is 1. The number of carboxylic acid groups (broad SMARTS) is 1. The highest BCUT2D eigenvalue weighted by molar-refractivity contribution is 5.90. The maximum absolute atomic E-state index is 11.1. The monoisotopic (exact) mass is 292 g/mol. The van der Waals surface area contributed by atoms with Crippen LogP contribution >= 0.6 is 0 Å². The molecule has 1 fully saturated rings. The zero-order valence-electron chi connectivity index (χ0n) is 11.9. The smallest absolute Gasteiger partial charge is 0.339 e. The van der Waals surface area contributed by atoms with Crippen LogP contribution in [-0.2, 0) is 4.79 Å². The molecule has 21 heavy (non-hydrogen) atoms. The van der Waals surface area contributed by atoms with E-state index < -0.39 is 5.97 Å². The van der Waals surface area contributed by atoms with E-state index in [4.69, 9.17) is 9.84 Å². The van der Waals surface area contributed by atoms with E-state index in [2.05, 4.69) is 9.80 Å². The fourth-order valence-corrected chi connectivity index (χ4v) is 2.35. The third-order valence-corrected chi connectivity index (χ3v) is 3.58. The molecule has 1 N–H and O–H groups in total. The van der Waals surface area contributed by atoms with Gasteiger partial charge in [0.15, 0.2) is 0 Å². The van der Waals surface area contributed by atoms with Gasteiger partial charge in [-0.25, -0.2) is 4.79 Å². The van der Waals surface area contributed by atoms with Crippen LogP contribution in [0.5, 0.6) is 5.75 Å². The van der Waals surface area contributed by atoms with Crippen molar-refractivity contribution in [2.45, 2.75) is 0 Å². The van der Waals surface area contributed by atoms with Crippen LogP contribution in [0.4, 0.5) is 0 Å². The molecule has 0 atom stereocenters. The van der Waals surface area contributed by atoms with Gasteiger partial charge in [0.05, 0.1) is 6.54 Å². The van der Waals surface area contributed by atoms with Gasteiger partial charge in [-0.15, -0.1) is 0 Å². The minimum Gasteiger partial charge on any atom is -0.491 e. The molecule has 0 spiro atoms. The van der Waals surface area contributed by atoms with E-state index in [-0.39, 0.29) is 5.56 Å². The summed E-state index contributed by atoms with van der Waals surface area (Å²) in [5.74, 6) is -0.572. The number of benzene rings is 1. The highest BCUT2D eigenvalue weighted by Gasteiger charge is 2.16. The van der Waals surface area contributed by atoms with Gasteiger partial charge in [-0.3, -0.25) is 9.80 Å². The number of ether oxygens (including phenoxy) is 1. The van der Waals surface area contributed by atoms with Crippen molar-refractivity contribution in [3.8, 4) is 5.75 Å². The third-order valence-electron chi connectivity index (χ3n) is 3.58. The molecule has 6 nitrogen and oxygen atoms in total. The maximum Gasteiger partial charge on any atom is 0.339 e. The van der Waals surface area contributed by atoms with Gasteiger partial charge in [-0.2, -0.15) is 0 Å². The van der Waals surface area contributed by atoms with E-state index in [0.29, 0.717) is 18.9 Å². The van der Waals surface area contributed by atoms with Gasteiger partial charge in [0, 0.05) is 32.7 Å². The summed E-state index contributed by atoms with van der Waals surface area (Å²) in [5, 5.41) is 9.07. The fourth-order valence-electron chi connectivity index (χ4n) is 2.35.